The van der Waals surface area contributed by atoms with Gasteiger partial charge in [-0.05, 0) is 43.9 Å². The maximum Gasteiger partial charge on any atom is 0.418 e. The van der Waals surface area contributed by atoms with Crippen molar-refractivity contribution in [2.75, 3.05) is 5.32 Å². The van der Waals surface area contributed by atoms with E-state index in [-0.39, 0.29) is 24.0 Å². The second-order valence-electron chi connectivity index (χ2n) is 6.31. The Hall–Kier alpha value is -3.16. The van der Waals surface area contributed by atoms with Crippen LogP contribution in [-0.2, 0) is 17.6 Å². The normalized spacial score (nSPS) is 18.5. The summed E-state index contributed by atoms with van der Waals surface area (Å²) < 4.78 is 10.5. The van der Waals surface area contributed by atoms with Crippen molar-refractivity contribution in [3.05, 3.63) is 47.9 Å². The average molecular weight is 369 g/mol. The van der Waals surface area contributed by atoms with Crippen LogP contribution in [0.2, 0.25) is 0 Å². The first kappa shape index (κ1) is 18.6. The molecule has 142 valence electrons. The molecule has 0 spiro atoms. The molecule has 27 heavy (non-hydrogen) atoms. The molecule has 0 fully saturated rings. The number of nitrogens with zero attached hydrogens (tertiary/aromatic N) is 3. The van der Waals surface area contributed by atoms with Crippen molar-refractivity contribution >= 4 is 17.8 Å². The second kappa shape index (κ2) is 8.48. The number of rotatable bonds is 6. The number of aromatic nitrogens is 2. The van der Waals surface area contributed by atoms with E-state index >= 15 is 0 Å². The van der Waals surface area contributed by atoms with Gasteiger partial charge in [0.05, 0.1) is 24.1 Å². The van der Waals surface area contributed by atoms with Crippen molar-refractivity contribution in [2.45, 2.75) is 45.3 Å². The Morgan fingerprint density at radius 1 is 1.26 bits per heavy atom. The number of carbonyl (C=O) groups excluding carboxylic acids is 1. The summed E-state index contributed by atoms with van der Waals surface area (Å²) in [5.74, 6) is 0.161. The molecule has 0 radical (unpaired) electrons. The van der Waals surface area contributed by atoms with E-state index in [4.69, 9.17) is 15.2 Å². The number of benzene rings is 1. The lowest BCUT2D eigenvalue weighted by atomic mass is 10.0. The number of aryl methyl sites for hydroxylation is 2. The highest BCUT2D eigenvalue weighted by Gasteiger charge is 2.25. The molecule has 2 aromatic rings. The van der Waals surface area contributed by atoms with E-state index < -0.39 is 6.09 Å². The summed E-state index contributed by atoms with van der Waals surface area (Å²) >= 11 is 0. The molecule has 0 saturated carbocycles. The molecule has 1 aromatic carbocycles. The number of aliphatic imine (C=N–C) groups is 1. The number of carbonyl (C=O) groups is 1. The Morgan fingerprint density at radius 3 is 2.63 bits per heavy atom. The number of nitrogens with two attached hydrogens (primary N) is 1. The number of amides is 1. The van der Waals surface area contributed by atoms with Crippen LogP contribution in [0.3, 0.4) is 0 Å². The molecule has 2 atom stereocenters. The standard InChI is InChI=1S/C19H23N5O3/c1-3-14-10-22-17(11-21-14)27-19(25)23-15-7-4-13(5-8-15)6-9-16-12(2)26-18(20)24-16/h4-5,7-8,10-12,16H,3,6,9H2,1-2H3,(H2,20,24)(H,23,25)/t12-,16-/m0/s1. The third kappa shape index (κ3) is 5.16. The maximum absolute atomic E-state index is 11.9. The van der Waals surface area contributed by atoms with E-state index in [2.05, 4.69) is 20.3 Å². The van der Waals surface area contributed by atoms with Crippen LogP contribution >= 0.6 is 0 Å². The lowest BCUT2D eigenvalue weighted by Gasteiger charge is -2.12. The highest BCUT2D eigenvalue weighted by atomic mass is 16.6. The minimum Gasteiger partial charge on any atom is -0.460 e. The first-order valence-corrected chi connectivity index (χ1v) is 8.92. The second-order valence-corrected chi connectivity index (χ2v) is 6.31. The smallest absolute Gasteiger partial charge is 0.418 e. The van der Waals surface area contributed by atoms with Gasteiger partial charge in [-0.1, -0.05) is 19.1 Å². The molecule has 2 heterocycles. The molecule has 0 aliphatic carbocycles. The third-order valence-electron chi connectivity index (χ3n) is 4.31. The van der Waals surface area contributed by atoms with Gasteiger partial charge in [0.15, 0.2) is 0 Å². The van der Waals surface area contributed by atoms with E-state index in [1.54, 1.807) is 6.20 Å². The number of hydrogen-bond acceptors (Lipinski definition) is 7. The van der Waals surface area contributed by atoms with Crippen molar-refractivity contribution < 1.29 is 14.3 Å². The Bertz CT molecular complexity index is 805. The van der Waals surface area contributed by atoms with Crippen LogP contribution < -0.4 is 15.8 Å². The Morgan fingerprint density at radius 2 is 2.04 bits per heavy atom. The number of nitrogens with one attached hydrogen (secondary N) is 1. The molecule has 8 heteroatoms. The number of anilines is 1. The van der Waals surface area contributed by atoms with Crippen LogP contribution in [0.1, 0.15) is 31.5 Å². The zero-order valence-corrected chi connectivity index (χ0v) is 15.4. The minimum atomic E-state index is -0.608. The van der Waals surface area contributed by atoms with Gasteiger partial charge < -0.3 is 15.2 Å². The summed E-state index contributed by atoms with van der Waals surface area (Å²) in [6.07, 6.45) is 4.90. The fourth-order valence-corrected chi connectivity index (χ4v) is 2.75. The molecular formula is C19H23N5O3. The van der Waals surface area contributed by atoms with Crippen molar-refractivity contribution in [1.29, 1.82) is 0 Å². The van der Waals surface area contributed by atoms with Gasteiger partial charge >= 0.3 is 6.09 Å². The van der Waals surface area contributed by atoms with Crippen molar-refractivity contribution in [1.82, 2.24) is 9.97 Å². The molecule has 1 aromatic heterocycles. The highest BCUT2D eigenvalue weighted by molar-refractivity contribution is 5.86. The minimum absolute atomic E-state index is 0.00945. The lowest BCUT2D eigenvalue weighted by molar-refractivity contribution is 0.205. The Balaban J connectivity index is 1.48. The third-order valence-corrected chi connectivity index (χ3v) is 4.31. The van der Waals surface area contributed by atoms with E-state index in [1.165, 1.54) is 6.20 Å². The monoisotopic (exact) mass is 369 g/mol. The van der Waals surface area contributed by atoms with Gasteiger partial charge in [-0.15, -0.1) is 0 Å². The van der Waals surface area contributed by atoms with Crippen molar-refractivity contribution in [3.8, 4) is 5.88 Å². The van der Waals surface area contributed by atoms with Crippen LogP contribution in [0, 0.1) is 0 Å². The van der Waals surface area contributed by atoms with Gasteiger partial charge in [-0.2, -0.15) is 0 Å². The van der Waals surface area contributed by atoms with Gasteiger partial charge in [0, 0.05) is 5.69 Å². The maximum atomic E-state index is 11.9. The predicted octanol–water partition coefficient (Wildman–Crippen LogP) is 2.68. The first-order chi connectivity index (χ1) is 13.0. The molecule has 0 bridgehead atoms. The van der Waals surface area contributed by atoms with Crippen LogP contribution in [0.5, 0.6) is 5.88 Å². The number of hydrogen-bond donors (Lipinski definition) is 2. The summed E-state index contributed by atoms with van der Waals surface area (Å²) in [5, 5.41) is 2.67. The summed E-state index contributed by atoms with van der Waals surface area (Å²) in [6.45, 7) is 3.94. The van der Waals surface area contributed by atoms with Gasteiger partial charge in [0.2, 0.25) is 5.88 Å². The van der Waals surface area contributed by atoms with Gasteiger partial charge in [-0.3, -0.25) is 10.3 Å². The SMILES string of the molecule is CCc1cnc(OC(=O)Nc2ccc(CC[C@@H]3N=C(N)O[C@H]3C)cc2)cn1. The fraction of sp³-hybridized carbons (Fsp3) is 0.368. The van der Waals surface area contributed by atoms with E-state index in [0.29, 0.717) is 5.69 Å². The molecular weight excluding hydrogens is 346 g/mol. The van der Waals surface area contributed by atoms with Crippen LogP contribution in [-0.4, -0.2) is 34.2 Å². The molecule has 1 aliphatic heterocycles. The molecule has 3 N–H and O–H groups in total. The quantitative estimate of drug-likeness (QED) is 0.810. The molecule has 3 rings (SSSR count). The molecule has 1 amide bonds. The molecule has 1 aliphatic rings. The summed E-state index contributed by atoms with van der Waals surface area (Å²) in [7, 11) is 0. The summed E-state index contributed by atoms with van der Waals surface area (Å²) in [5.41, 5.74) is 8.21. The van der Waals surface area contributed by atoms with Crippen LogP contribution in [0.4, 0.5) is 10.5 Å². The fourth-order valence-electron chi connectivity index (χ4n) is 2.75. The first-order valence-electron chi connectivity index (χ1n) is 8.92. The topological polar surface area (TPSA) is 112 Å². The number of amidine groups is 1. The van der Waals surface area contributed by atoms with Crippen molar-refractivity contribution in [3.63, 3.8) is 0 Å². The largest absolute Gasteiger partial charge is 0.460 e. The Labute approximate surface area is 157 Å². The predicted molar refractivity (Wildman–Crippen MR) is 102 cm³/mol. The van der Waals surface area contributed by atoms with Crippen molar-refractivity contribution in [2.24, 2.45) is 10.7 Å². The molecule has 8 nitrogen and oxygen atoms in total. The van der Waals surface area contributed by atoms with Crippen LogP contribution in [0.15, 0.2) is 41.7 Å². The van der Waals surface area contributed by atoms with Gasteiger partial charge in [-0.25, -0.2) is 14.8 Å². The Kier molecular flexibility index (Phi) is 5.85. The zero-order chi connectivity index (χ0) is 19.2. The van der Waals surface area contributed by atoms with Gasteiger partial charge in [0.25, 0.3) is 6.02 Å². The summed E-state index contributed by atoms with van der Waals surface area (Å²) in [6, 6.07) is 7.92. The lowest BCUT2D eigenvalue weighted by Crippen LogP contribution is -2.20. The average Bonchev–Trinajstić information content (AvgIpc) is 2.99. The van der Waals surface area contributed by atoms with Crippen LogP contribution in [0.25, 0.3) is 0 Å². The molecule has 0 unspecified atom stereocenters. The highest BCUT2D eigenvalue weighted by Crippen LogP contribution is 2.18. The van der Waals surface area contributed by atoms with E-state index in [0.717, 1.165) is 30.5 Å². The van der Waals surface area contributed by atoms with Gasteiger partial charge in [0.1, 0.15) is 6.10 Å². The molecule has 0 saturated heterocycles. The number of ether oxygens (including phenoxy) is 2. The summed E-state index contributed by atoms with van der Waals surface area (Å²) in [4.78, 5) is 24.4. The van der Waals surface area contributed by atoms with E-state index in [1.807, 2.05) is 38.1 Å². The van der Waals surface area contributed by atoms with E-state index in [9.17, 15) is 4.79 Å². The zero-order valence-electron chi connectivity index (χ0n) is 15.4.